The Balaban J connectivity index is 1.59. The Labute approximate surface area is 184 Å². The van der Waals surface area contributed by atoms with E-state index in [9.17, 15) is 9.59 Å². The molecular formula is C22H24N4O4S. The standard InChI is InChI=1S/C22H24N4O4S/c1-22(2,3)30-21(28)26-12-7-10-15(26)17(27)25-19-16(14-8-5-4-6-9-14)24-20(31-19)18-23-11-13-29-18/h4-6,8-9,11,13,15H,7,10,12H2,1-3H3,(H,25,27)/t15-/m0/s1. The van der Waals surface area contributed by atoms with Gasteiger partial charge in [0.05, 0.1) is 6.20 Å². The Bertz CT molecular complexity index is 1060. The number of thiazole rings is 1. The van der Waals surface area contributed by atoms with Crippen LogP contribution < -0.4 is 5.32 Å². The second-order valence-corrected chi connectivity index (χ2v) is 9.22. The maximum absolute atomic E-state index is 13.2. The number of anilines is 1. The van der Waals surface area contributed by atoms with Crippen LogP contribution in [0.1, 0.15) is 33.6 Å². The number of carbonyl (C=O) groups is 2. The molecule has 3 aromatic rings. The Morgan fingerprint density at radius 2 is 2.03 bits per heavy atom. The molecule has 1 N–H and O–H groups in total. The molecule has 3 heterocycles. The number of hydrogen-bond acceptors (Lipinski definition) is 7. The number of oxazole rings is 1. The number of nitrogens with one attached hydrogen (secondary N) is 1. The van der Waals surface area contributed by atoms with Crippen molar-refractivity contribution in [3.8, 4) is 22.2 Å². The van der Waals surface area contributed by atoms with Gasteiger partial charge in [-0.25, -0.2) is 14.8 Å². The van der Waals surface area contributed by atoms with Crippen LogP contribution in [0.3, 0.4) is 0 Å². The molecule has 1 aromatic carbocycles. The van der Waals surface area contributed by atoms with Crippen molar-refractivity contribution < 1.29 is 18.7 Å². The minimum Gasteiger partial charge on any atom is -0.444 e. The Morgan fingerprint density at radius 3 is 2.71 bits per heavy atom. The van der Waals surface area contributed by atoms with Gasteiger partial charge in [-0.2, -0.15) is 0 Å². The van der Waals surface area contributed by atoms with E-state index >= 15 is 0 Å². The lowest BCUT2D eigenvalue weighted by Gasteiger charge is -2.27. The Hall–Kier alpha value is -3.20. The van der Waals surface area contributed by atoms with Crippen LogP contribution in [-0.4, -0.2) is 45.1 Å². The summed E-state index contributed by atoms with van der Waals surface area (Å²) in [6.07, 6.45) is 3.88. The topological polar surface area (TPSA) is 97.6 Å². The van der Waals surface area contributed by atoms with Crippen molar-refractivity contribution >= 4 is 28.3 Å². The van der Waals surface area contributed by atoms with E-state index in [0.29, 0.717) is 34.6 Å². The minimum absolute atomic E-state index is 0.261. The van der Waals surface area contributed by atoms with Gasteiger partial charge in [0.15, 0.2) is 5.01 Å². The summed E-state index contributed by atoms with van der Waals surface area (Å²) in [6.45, 7) is 5.92. The Kier molecular flexibility index (Phi) is 5.77. The molecule has 1 atom stereocenters. The van der Waals surface area contributed by atoms with E-state index in [2.05, 4.69) is 15.3 Å². The molecule has 8 nitrogen and oxygen atoms in total. The number of benzene rings is 1. The molecule has 0 radical (unpaired) electrons. The first-order valence-corrected chi connectivity index (χ1v) is 10.9. The molecule has 0 bridgehead atoms. The van der Waals surface area contributed by atoms with Gasteiger partial charge < -0.3 is 14.5 Å². The third-order valence-corrected chi connectivity index (χ3v) is 5.67. The molecule has 2 amide bonds. The molecular weight excluding hydrogens is 416 g/mol. The van der Waals surface area contributed by atoms with E-state index in [1.54, 1.807) is 6.20 Å². The fourth-order valence-corrected chi connectivity index (χ4v) is 4.32. The number of hydrogen-bond donors (Lipinski definition) is 1. The van der Waals surface area contributed by atoms with Crippen molar-refractivity contribution in [1.29, 1.82) is 0 Å². The average Bonchev–Trinajstić information content (AvgIpc) is 3.47. The molecule has 2 aromatic heterocycles. The summed E-state index contributed by atoms with van der Waals surface area (Å²) in [5, 5.41) is 4.13. The molecule has 31 heavy (non-hydrogen) atoms. The van der Waals surface area contributed by atoms with E-state index in [1.807, 2.05) is 51.1 Å². The highest BCUT2D eigenvalue weighted by Gasteiger charge is 2.37. The molecule has 0 spiro atoms. The largest absolute Gasteiger partial charge is 0.444 e. The van der Waals surface area contributed by atoms with Crippen LogP contribution in [0.5, 0.6) is 0 Å². The molecule has 162 valence electrons. The first-order chi connectivity index (χ1) is 14.8. The summed E-state index contributed by atoms with van der Waals surface area (Å²) >= 11 is 1.28. The number of aromatic nitrogens is 2. The van der Waals surface area contributed by atoms with Crippen LogP contribution in [-0.2, 0) is 9.53 Å². The maximum Gasteiger partial charge on any atom is 0.410 e. The second kappa shape index (κ2) is 8.50. The van der Waals surface area contributed by atoms with E-state index in [4.69, 9.17) is 9.15 Å². The predicted molar refractivity (Wildman–Crippen MR) is 118 cm³/mol. The van der Waals surface area contributed by atoms with Crippen LogP contribution in [0.4, 0.5) is 9.80 Å². The van der Waals surface area contributed by atoms with Crippen molar-refractivity contribution in [1.82, 2.24) is 14.9 Å². The average molecular weight is 441 g/mol. The van der Waals surface area contributed by atoms with Gasteiger partial charge in [-0.3, -0.25) is 9.69 Å². The molecule has 4 rings (SSSR count). The third kappa shape index (κ3) is 4.77. The number of nitrogens with zero attached hydrogens (tertiary/aromatic N) is 3. The van der Waals surface area contributed by atoms with Gasteiger partial charge in [-0.1, -0.05) is 41.7 Å². The fourth-order valence-electron chi connectivity index (χ4n) is 3.39. The van der Waals surface area contributed by atoms with Gasteiger partial charge in [0.1, 0.15) is 28.6 Å². The van der Waals surface area contributed by atoms with Crippen LogP contribution in [0.25, 0.3) is 22.2 Å². The second-order valence-electron chi connectivity index (χ2n) is 8.22. The Morgan fingerprint density at radius 1 is 1.26 bits per heavy atom. The predicted octanol–water partition coefficient (Wildman–Crippen LogP) is 4.80. The summed E-state index contributed by atoms with van der Waals surface area (Å²) in [5.74, 6) is 0.127. The van der Waals surface area contributed by atoms with Crippen molar-refractivity contribution in [2.75, 3.05) is 11.9 Å². The zero-order valence-corrected chi connectivity index (χ0v) is 18.4. The number of likely N-dealkylation sites (tertiary alicyclic amines) is 1. The van der Waals surface area contributed by atoms with Gasteiger partial charge in [0.2, 0.25) is 5.91 Å². The summed E-state index contributed by atoms with van der Waals surface area (Å²) in [5.41, 5.74) is 0.875. The molecule has 9 heteroatoms. The number of rotatable bonds is 4. The van der Waals surface area contributed by atoms with Crippen molar-refractivity contribution in [2.24, 2.45) is 0 Å². The summed E-state index contributed by atoms with van der Waals surface area (Å²) < 4.78 is 10.9. The molecule has 1 aliphatic heterocycles. The van der Waals surface area contributed by atoms with Gasteiger partial charge in [0, 0.05) is 12.1 Å². The molecule has 0 unspecified atom stereocenters. The highest BCUT2D eigenvalue weighted by molar-refractivity contribution is 7.19. The van der Waals surface area contributed by atoms with Gasteiger partial charge in [-0.15, -0.1) is 0 Å². The lowest BCUT2D eigenvalue weighted by atomic mass is 10.1. The van der Waals surface area contributed by atoms with E-state index in [0.717, 1.165) is 12.0 Å². The van der Waals surface area contributed by atoms with Crippen molar-refractivity contribution in [3.63, 3.8) is 0 Å². The van der Waals surface area contributed by atoms with Crippen LogP contribution in [0, 0.1) is 0 Å². The van der Waals surface area contributed by atoms with Crippen molar-refractivity contribution in [3.05, 3.63) is 42.8 Å². The zero-order valence-electron chi connectivity index (χ0n) is 17.6. The van der Waals surface area contributed by atoms with E-state index in [-0.39, 0.29) is 5.91 Å². The first-order valence-electron chi connectivity index (χ1n) is 10.1. The summed E-state index contributed by atoms with van der Waals surface area (Å²) in [6, 6.07) is 8.99. The van der Waals surface area contributed by atoms with Gasteiger partial charge >= 0.3 is 6.09 Å². The lowest BCUT2D eigenvalue weighted by molar-refractivity contribution is -0.120. The fraction of sp³-hybridized carbons (Fsp3) is 0.364. The van der Waals surface area contributed by atoms with E-state index in [1.165, 1.54) is 22.5 Å². The summed E-state index contributed by atoms with van der Waals surface area (Å²) in [7, 11) is 0. The van der Waals surface area contributed by atoms with Gasteiger partial charge in [0.25, 0.3) is 5.89 Å². The summed E-state index contributed by atoms with van der Waals surface area (Å²) in [4.78, 5) is 36.0. The monoisotopic (exact) mass is 440 g/mol. The van der Waals surface area contributed by atoms with Crippen molar-refractivity contribution in [2.45, 2.75) is 45.3 Å². The molecule has 0 saturated carbocycles. The quantitative estimate of drug-likeness (QED) is 0.626. The normalized spacial score (nSPS) is 16.4. The molecule has 0 aliphatic carbocycles. The molecule has 1 aliphatic rings. The number of carbonyl (C=O) groups excluding carboxylic acids is 2. The third-order valence-electron chi connectivity index (χ3n) is 4.71. The highest BCUT2D eigenvalue weighted by atomic mass is 32.1. The van der Waals surface area contributed by atoms with Crippen LogP contribution >= 0.6 is 11.3 Å². The SMILES string of the molecule is CC(C)(C)OC(=O)N1CCC[C@H]1C(=O)Nc1sc(-c2ncco2)nc1-c1ccccc1. The van der Waals surface area contributed by atoms with Crippen LogP contribution in [0.15, 0.2) is 47.2 Å². The zero-order chi connectivity index (χ0) is 22.0. The van der Waals surface area contributed by atoms with E-state index < -0.39 is 17.7 Å². The highest BCUT2D eigenvalue weighted by Crippen LogP contribution is 2.38. The maximum atomic E-state index is 13.2. The minimum atomic E-state index is -0.621. The first kappa shape index (κ1) is 21.0. The van der Waals surface area contributed by atoms with Crippen LogP contribution in [0.2, 0.25) is 0 Å². The molecule has 1 fully saturated rings. The molecule has 1 saturated heterocycles. The number of amides is 2. The smallest absolute Gasteiger partial charge is 0.410 e. The lowest BCUT2D eigenvalue weighted by Crippen LogP contribution is -2.45. The number of ether oxygens (including phenoxy) is 1. The van der Waals surface area contributed by atoms with Gasteiger partial charge in [-0.05, 0) is 33.6 Å².